The summed E-state index contributed by atoms with van der Waals surface area (Å²) in [6, 6.07) is 16.7. The lowest BCUT2D eigenvalue weighted by Gasteiger charge is -2.17. The average molecular weight is 323 g/mol. The number of hydrogen-bond donors (Lipinski definition) is 2. The highest BCUT2D eigenvalue weighted by atomic mass is 16.5. The van der Waals surface area contributed by atoms with Crippen molar-refractivity contribution < 1.29 is 14.6 Å². The number of carbonyl (C=O) groups excluding carboxylic acids is 1. The Balaban J connectivity index is 1.94. The summed E-state index contributed by atoms with van der Waals surface area (Å²) < 4.78 is 5.28. The van der Waals surface area contributed by atoms with Gasteiger partial charge in [0.15, 0.2) is 0 Å². The molecule has 0 saturated heterocycles. The molecule has 24 heavy (non-hydrogen) atoms. The Morgan fingerprint density at radius 3 is 2.50 bits per heavy atom. The van der Waals surface area contributed by atoms with E-state index in [2.05, 4.69) is 11.2 Å². The van der Waals surface area contributed by atoms with E-state index >= 15 is 0 Å². The van der Waals surface area contributed by atoms with E-state index < -0.39 is 0 Å². The minimum absolute atomic E-state index is 0.0800. The van der Waals surface area contributed by atoms with Gasteiger partial charge in [-0.25, -0.2) is 0 Å². The maximum Gasteiger partial charge on any atom is 0.251 e. The van der Waals surface area contributed by atoms with Gasteiger partial charge in [-0.1, -0.05) is 36.3 Å². The lowest BCUT2D eigenvalue weighted by molar-refractivity contribution is 0.0949. The Kier molecular flexibility index (Phi) is 6.88. The van der Waals surface area contributed by atoms with Crippen LogP contribution in [-0.4, -0.2) is 30.8 Å². The molecule has 0 aromatic heterocycles. The summed E-state index contributed by atoms with van der Waals surface area (Å²) in [6.45, 7) is 0.751. The van der Waals surface area contributed by atoms with Gasteiger partial charge in [-0.3, -0.25) is 4.79 Å². The number of amides is 1. The number of carbonyl (C=O) groups is 1. The molecule has 1 unspecified atom stereocenters. The van der Waals surface area contributed by atoms with E-state index in [0.717, 1.165) is 5.56 Å². The van der Waals surface area contributed by atoms with Crippen molar-refractivity contribution in [3.63, 3.8) is 0 Å². The molecule has 0 aliphatic carbocycles. The van der Waals surface area contributed by atoms with E-state index in [1.165, 1.54) is 0 Å². The summed E-state index contributed by atoms with van der Waals surface area (Å²) in [4.78, 5) is 12.3. The second-order valence-electron chi connectivity index (χ2n) is 5.35. The minimum atomic E-state index is -0.155. The molecule has 2 aromatic carbocycles. The SMILES string of the molecule is C#CCOc1ccc(C(=O)NCC(CCO)c2ccccc2)cc1. The second kappa shape index (κ2) is 9.39. The molecule has 0 spiro atoms. The molecule has 2 aromatic rings. The van der Waals surface area contributed by atoms with Gasteiger partial charge in [0.2, 0.25) is 0 Å². The maximum atomic E-state index is 12.3. The van der Waals surface area contributed by atoms with Gasteiger partial charge >= 0.3 is 0 Å². The quantitative estimate of drug-likeness (QED) is 0.734. The van der Waals surface area contributed by atoms with Crippen LogP contribution in [-0.2, 0) is 0 Å². The highest BCUT2D eigenvalue weighted by Gasteiger charge is 2.13. The molecule has 0 heterocycles. The first-order valence-electron chi connectivity index (χ1n) is 7.85. The van der Waals surface area contributed by atoms with Crippen LogP contribution in [0.1, 0.15) is 28.3 Å². The number of ether oxygens (including phenoxy) is 1. The molecule has 0 fully saturated rings. The highest BCUT2D eigenvalue weighted by Crippen LogP contribution is 2.18. The molecule has 1 atom stereocenters. The van der Waals surface area contributed by atoms with Crippen LogP contribution in [0, 0.1) is 12.3 Å². The van der Waals surface area contributed by atoms with Gasteiger partial charge < -0.3 is 15.2 Å². The van der Waals surface area contributed by atoms with E-state index in [9.17, 15) is 9.90 Å². The lowest BCUT2D eigenvalue weighted by atomic mass is 9.96. The molecule has 124 valence electrons. The number of terminal acetylenes is 1. The van der Waals surface area contributed by atoms with Crippen LogP contribution in [0.15, 0.2) is 54.6 Å². The van der Waals surface area contributed by atoms with Crippen molar-refractivity contribution in [1.29, 1.82) is 0 Å². The van der Waals surface area contributed by atoms with Gasteiger partial charge in [-0.15, -0.1) is 6.42 Å². The van der Waals surface area contributed by atoms with Crippen LogP contribution in [0.25, 0.3) is 0 Å². The van der Waals surface area contributed by atoms with Gasteiger partial charge in [0.25, 0.3) is 5.91 Å². The Morgan fingerprint density at radius 1 is 1.17 bits per heavy atom. The number of rotatable bonds is 8. The first kappa shape index (κ1) is 17.6. The van der Waals surface area contributed by atoms with E-state index in [-0.39, 0.29) is 25.0 Å². The fourth-order valence-electron chi connectivity index (χ4n) is 2.41. The zero-order valence-electron chi connectivity index (χ0n) is 13.4. The largest absolute Gasteiger partial charge is 0.481 e. The monoisotopic (exact) mass is 323 g/mol. The maximum absolute atomic E-state index is 12.3. The first-order valence-corrected chi connectivity index (χ1v) is 7.85. The summed E-state index contributed by atoms with van der Waals surface area (Å²) in [5.41, 5.74) is 1.66. The Bertz CT molecular complexity index is 674. The Morgan fingerprint density at radius 2 is 1.88 bits per heavy atom. The lowest BCUT2D eigenvalue weighted by Crippen LogP contribution is -2.28. The number of aliphatic hydroxyl groups is 1. The average Bonchev–Trinajstić information content (AvgIpc) is 2.64. The normalized spacial score (nSPS) is 11.3. The Hall–Kier alpha value is -2.77. The smallest absolute Gasteiger partial charge is 0.251 e. The fourth-order valence-corrected chi connectivity index (χ4v) is 2.41. The van der Waals surface area contributed by atoms with Gasteiger partial charge in [0, 0.05) is 24.6 Å². The third-order valence-corrected chi connectivity index (χ3v) is 3.70. The van der Waals surface area contributed by atoms with E-state index in [1.54, 1.807) is 24.3 Å². The van der Waals surface area contributed by atoms with Gasteiger partial charge in [-0.05, 0) is 36.2 Å². The van der Waals surface area contributed by atoms with E-state index in [4.69, 9.17) is 11.2 Å². The summed E-state index contributed by atoms with van der Waals surface area (Å²) in [5.74, 6) is 2.95. The third kappa shape index (κ3) is 5.15. The van der Waals surface area contributed by atoms with E-state index in [0.29, 0.717) is 24.3 Å². The molecular weight excluding hydrogens is 302 g/mol. The topological polar surface area (TPSA) is 58.6 Å². The molecule has 4 heteroatoms. The van der Waals surface area contributed by atoms with Crippen LogP contribution >= 0.6 is 0 Å². The molecule has 4 nitrogen and oxygen atoms in total. The predicted octanol–water partition coefficient (Wildman–Crippen LogP) is 2.59. The van der Waals surface area contributed by atoms with Crippen LogP contribution in [0.5, 0.6) is 5.75 Å². The van der Waals surface area contributed by atoms with Crippen molar-refractivity contribution in [2.24, 2.45) is 0 Å². The van der Waals surface area contributed by atoms with E-state index in [1.807, 2.05) is 30.3 Å². The number of nitrogens with one attached hydrogen (secondary N) is 1. The molecule has 2 N–H and O–H groups in total. The third-order valence-electron chi connectivity index (χ3n) is 3.70. The standard InChI is InChI=1S/C20H21NO3/c1-2-14-24-19-10-8-17(9-11-19)20(23)21-15-18(12-13-22)16-6-4-3-5-7-16/h1,3-11,18,22H,12-15H2,(H,21,23). The number of hydrogen-bond acceptors (Lipinski definition) is 3. The van der Waals surface area contributed by atoms with Crippen LogP contribution < -0.4 is 10.1 Å². The molecular formula is C20H21NO3. The fraction of sp³-hybridized carbons (Fsp3) is 0.250. The minimum Gasteiger partial charge on any atom is -0.481 e. The molecule has 0 aliphatic rings. The predicted molar refractivity (Wildman–Crippen MR) is 94.0 cm³/mol. The van der Waals surface area contributed by atoms with Crippen LogP contribution in [0.3, 0.4) is 0 Å². The number of benzene rings is 2. The number of aliphatic hydroxyl groups excluding tert-OH is 1. The van der Waals surface area contributed by atoms with Gasteiger partial charge in [-0.2, -0.15) is 0 Å². The molecule has 1 amide bonds. The molecule has 0 radical (unpaired) electrons. The van der Waals surface area contributed by atoms with Crippen molar-refractivity contribution in [3.8, 4) is 18.1 Å². The van der Waals surface area contributed by atoms with Crippen LogP contribution in [0.4, 0.5) is 0 Å². The summed E-state index contributed by atoms with van der Waals surface area (Å²) in [5, 5.41) is 12.2. The van der Waals surface area contributed by atoms with Crippen molar-refractivity contribution in [1.82, 2.24) is 5.32 Å². The molecule has 2 rings (SSSR count). The summed E-state index contributed by atoms with van der Waals surface area (Å²) in [7, 11) is 0. The second-order valence-corrected chi connectivity index (χ2v) is 5.35. The van der Waals surface area contributed by atoms with Crippen molar-refractivity contribution in [2.75, 3.05) is 19.8 Å². The zero-order valence-corrected chi connectivity index (χ0v) is 13.4. The van der Waals surface area contributed by atoms with Crippen molar-refractivity contribution in [3.05, 3.63) is 65.7 Å². The highest BCUT2D eigenvalue weighted by molar-refractivity contribution is 5.94. The molecule has 0 aliphatic heterocycles. The van der Waals surface area contributed by atoms with Crippen LogP contribution in [0.2, 0.25) is 0 Å². The van der Waals surface area contributed by atoms with Gasteiger partial charge in [0.1, 0.15) is 12.4 Å². The summed E-state index contributed by atoms with van der Waals surface area (Å²) >= 11 is 0. The zero-order chi connectivity index (χ0) is 17.2. The first-order chi connectivity index (χ1) is 11.7. The molecule has 0 saturated carbocycles. The van der Waals surface area contributed by atoms with Gasteiger partial charge in [0.05, 0.1) is 0 Å². The Labute approximate surface area is 142 Å². The molecule has 0 bridgehead atoms. The summed E-state index contributed by atoms with van der Waals surface area (Å²) in [6.07, 6.45) is 5.74. The van der Waals surface area contributed by atoms with Crippen molar-refractivity contribution >= 4 is 5.91 Å². The van der Waals surface area contributed by atoms with Crippen molar-refractivity contribution in [2.45, 2.75) is 12.3 Å².